The van der Waals surface area contributed by atoms with E-state index in [4.69, 9.17) is 44.3 Å². The van der Waals surface area contributed by atoms with Gasteiger partial charge in [0.1, 0.15) is 6.61 Å². The predicted molar refractivity (Wildman–Crippen MR) is 137 cm³/mol. The third-order valence-electron chi connectivity index (χ3n) is 5.01. The van der Waals surface area contributed by atoms with Crippen LogP contribution in [-0.4, -0.2) is 23.2 Å². The summed E-state index contributed by atoms with van der Waals surface area (Å²) < 4.78 is 11.3. The van der Waals surface area contributed by atoms with Crippen molar-refractivity contribution in [3.63, 3.8) is 0 Å². The number of rotatable bonds is 7. The van der Waals surface area contributed by atoms with Crippen molar-refractivity contribution in [1.82, 2.24) is 4.90 Å². The molecule has 3 aromatic carbocycles. The van der Waals surface area contributed by atoms with E-state index in [1.807, 2.05) is 12.1 Å². The molecule has 1 saturated heterocycles. The smallest absolute Gasteiger partial charge is 0.293 e. The summed E-state index contributed by atoms with van der Waals surface area (Å²) in [7, 11) is 1.54. The van der Waals surface area contributed by atoms with E-state index in [2.05, 4.69) is 0 Å². The molecule has 0 bridgehead atoms. The number of carbonyl (C=O) groups is 2. The van der Waals surface area contributed by atoms with Crippen LogP contribution in [0.2, 0.25) is 15.1 Å². The summed E-state index contributed by atoms with van der Waals surface area (Å²) in [5.74, 6) is 0.679. The molecule has 34 heavy (non-hydrogen) atoms. The SMILES string of the molecule is COc1cc(/C=C2/SC(=O)N(Cc3ccc(Cl)cc3Cl)C2=O)ccc1OCc1ccc(Cl)cc1. The molecule has 5 nitrogen and oxygen atoms in total. The minimum atomic E-state index is -0.386. The van der Waals surface area contributed by atoms with Gasteiger partial charge in [-0.05, 0) is 70.9 Å². The Bertz CT molecular complexity index is 1280. The third-order valence-corrected chi connectivity index (χ3v) is 6.76. The van der Waals surface area contributed by atoms with Crippen molar-refractivity contribution < 1.29 is 19.1 Å². The molecule has 0 N–H and O–H groups in total. The lowest BCUT2D eigenvalue weighted by molar-refractivity contribution is -0.123. The van der Waals surface area contributed by atoms with Gasteiger partial charge in [-0.1, -0.05) is 59.1 Å². The number of imide groups is 1. The molecule has 4 rings (SSSR count). The first-order valence-electron chi connectivity index (χ1n) is 10.1. The molecule has 1 fully saturated rings. The van der Waals surface area contributed by atoms with Gasteiger partial charge in [-0.2, -0.15) is 0 Å². The maximum Gasteiger partial charge on any atom is 0.293 e. The Morgan fingerprint density at radius 2 is 1.65 bits per heavy atom. The molecule has 1 aliphatic heterocycles. The van der Waals surface area contributed by atoms with Crippen LogP contribution >= 0.6 is 46.6 Å². The van der Waals surface area contributed by atoms with Crippen LogP contribution in [0.4, 0.5) is 4.79 Å². The highest BCUT2D eigenvalue weighted by Gasteiger charge is 2.35. The molecule has 0 aromatic heterocycles. The molecule has 0 atom stereocenters. The summed E-state index contributed by atoms with van der Waals surface area (Å²) in [6.45, 7) is 0.415. The van der Waals surface area contributed by atoms with Crippen molar-refractivity contribution in [1.29, 1.82) is 0 Å². The number of ether oxygens (including phenoxy) is 2. The fourth-order valence-electron chi connectivity index (χ4n) is 3.24. The molecular weight excluding hydrogens is 517 g/mol. The summed E-state index contributed by atoms with van der Waals surface area (Å²) in [5, 5.41) is 1.18. The number of hydrogen-bond donors (Lipinski definition) is 0. The molecule has 0 unspecified atom stereocenters. The van der Waals surface area contributed by atoms with Gasteiger partial charge >= 0.3 is 0 Å². The van der Waals surface area contributed by atoms with E-state index in [0.29, 0.717) is 49.2 Å². The summed E-state index contributed by atoms with van der Waals surface area (Å²) >= 11 is 18.9. The molecule has 9 heteroatoms. The average Bonchev–Trinajstić information content (AvgIpc) is 3.08. The molecule has 0 aliphatic carbocycles. The van der Waals surface area contributed by atoms with Crippen molar-refractivity contribution in [3.8, 4) is 11.5 Å². The van der Waals surface area contributed by atoms with Crippen LogP contribution in [0.5, 0.6) is 11.5 Å². The standard InChI is InChI=1S/C25H18Cl3NO4S/c1-32-22-10-16(4-9-21(22)33-14-15-2-6-18(26)7-3-15)11-23-24(30)29(25(31)34-23)13-17-5-8-19(27)12-20(17)28/h2-12H,13-14H2,1H3/b23-11+. The predicted octanol–water partition coefficient (Wildman–Crippen LogP) is 7.47. The van der Waals surface area contributed by atoms with Crippen LogP contribution in [0.25, 0.3) is 6.08 Å². The zero-order chi connectivity index (χ0) is 24.2. The number of carbonyl (C=O) groups excluding carboxylic acids is 2. The number of hydrogen-bond acceptors (Lipinski definition) is 5. The number of thioether (sulfide) groups is 1. The van der Waals surface area contributed by atoms with Crippen LogP contribution in [0.1, 0.15) is 16.7 Å². The Balaban J connectivity index is 1.48. The van der Waals surface area contributed by atoms with E-state index in [-0.39, 0.29) is 17.7 Å². The Morgan fingerprint density at radius 3 is 2.35 bits per heavy atom. The van der Waals surface area contributed by atoms with Crippen molar-refractivity contribution in [2.75, 3.05) is 7.11 Å². The van der Waals surface area contributed by atoms with E-state index in [0.717, 1.165) is 22.2 Å². The summed E-state index contributed by atoms with van der Waals surface area (Å²) in [6, 6.07) is 17.6. The molecule has 174 valence electrons. The maximum atomic E-state index is 12.9. The largest absolute Gasteiger partial charge is 0.493 e. The number of halogens is 3. The van der Waals surface area contributed by atoms with Gasteiger partial charge in [-0.3, -0.25) is 14.5 Å². The number of amides is 2. The van der Waals surface area contributed by atoms with E-state index in [1.165, 1.54) is 7.11 Å². The van der Waals surface area contributed by atoms with Crippen molar-refractivity contribution >= 4 is 63.8 Å². The first-order valence-corrected chi connectivity index (χ1v) is 12.0. The lowest BCUT2D eigenvalue weighted by Gasteiger charge is -2.14. The molecule has 3 aromatic rings. The van der Waals surface area contributed by atoms with Gasteiger partial charge in [0.2, 0.25) is 0 Å². The quantitative estimate of drug-likeness (QED) is 0.294. The fraction of sp³-hybridized carbons (Fsp3) is 0.120. The number of methoxy groups -OCH3 is 1. The van der Waals surface area contributed by atoms with Gasteiger partial charge in [0.05, 0.1) is 18.6 Å². The lowest BCUT2D eigenvalue weighted by atomic mass is 10.1. The number of nitrogens with zero attached hydrogens (tertiary/aromatic N) is 1. The fourth-order valence-corrected chi connectivity index (χ4v) is 4.68. The van der Waals surface area contributed by atoms with Crippen LogP contribution in [-0.2, 0) is 17.9 Å². The second-order valence-corrected chi connectivity index (χ2v) is 9.60. The summed E-state index contributed by atoms with van der Waals surface area (Å²) in [4.78, 5) is 26.9. The molecule has 1 aliphatic rings. The molecule has 1 heterocycles. The molecule has 0 saturated carbocycles. The van der Waals surface area contributed by atoms with Gasteiger partial charge in [-0.25, -0.2) is 0 Å². The first kappa shape index (κ1) is 24.5. The minimum Gasteiger partial charge on any atom is -0.493 e. The maximum absolute atomic E-state index is 12.9. The monoisotopic (exact) mass is 533 g/mol. The van der Waals surface area contributed by atoms with E-state index in [9.17, 15) is 9.59 Å². The highest BCUT2D eigenvalue weighted by atomic mass is 35.5. The second kappa shape index (κ2) is 10.7. The van der Waals surface area contributed by atoms with Gasteiger partial charge in [-0.15, -0.1) is 0 Å². The second-order valence-electron chi connectivity index (χ2n) is 7.33. The Kier molecular flexibility index (Phi) is 7.73. The van der Waals surface area contributed by atoms with Gasteiger partial charge in [0.15, 0.2) is 11.5 Å². The third kappa shape index (κ3) is 5.70. The first-order chi connectivity index (χ1) is 16.3. The Labute approximate surface area is 216 Å². The normalized spacial score (nSPS) is 14.7. The van der Waals surface area contributed by atoms with Crippen LogP contribution in [0.15, 0.2) is 65.6 Å². The topological polar surface area (TPSA) is 55.8 Å². The van der Waals surface area contributed by atoms with Gasteiger partial charge < -0.3 is 9.47 Å². The van der Waals surface area contributed by atoms with Crippen molar-refractivity contribution in [2.24, 2.45) is 0 Å². The molecular formula is C25H18Cl3NO4S. The molecule has 0 radical (unpaired) electrons. The van der Waals surface area contributed by atoms with Crippen molar-refractivity contribution in [2.45, 2.75) is 13.2 Å². The van der Waals surface area contributed by atoms with E-state index >= 15 is 0 Å². The van der Waals surface area contributed by atoms with E-state index in [1.54, 1.807) is 54.6 Å². The Hall–Kier alpha value is -2.64. The van der Waals surface area contributed by atoms with Gasteiger partial charge in [0.25, 0.3) is 11.1 Å². The van der Waals surface area contributed by atoms with Crippen LogP contribution < -0.4 is 9.47 Å². The zero-order valence-electron chi connectivity index (χ0n) is 17.9. The lowest BCUT2D eigenvalue weighted by Crippen LogP contribution is -2.27. The van der Waals surface area contributed by atoms with Crippen LogP contribution in [0, 0.1) is 0 Å². The highest BCUT2D eigenvalue weighted by Crippen LogP contribution is 2.36. The number of benzene rings is 3. The average molecular weight is 535 g/mol. The zero-order valence-corrected chi connectivity index (χ0v) is 21.0. The minimum absolute atomic E-state index is 0.0683. The van der Waals surface area contributed by atoms with Crippen molar-refractivity contribution in [3.05, 3.63) is 97.3 Å². The molecule has 2 amide bonds. The highest BCUT2D eigenvalue weighted by molar-refractivity contribution is 8.18. The van der Waals surface area contributed by atoms with Gasteiger partial charge in [0, 0.05) is 15.1 Å². The summed E-state index contributed by atoms with van der Waals surface area (Å²) in [5.41, 5.74) is 2.30. The molecule has 0 spiro atoms. The summed E-state index contributed by atoms with van der Waals surface area (Å²) in [6.07, 6.45) is 1.65. The van der Waals surface area contributed by atoms with E-state index < -0.39 is 0 Å². The Morgan fingerprint density at radius 1 is 0.912 bits per heavy atom. The van der Waals surface area contributed by atoms with Crippen LogP contribution in [0.3, 0.4) is 0 Å².